The Morgan fingerprint density at radius 1 is 0.956 bits per heavy atom. The van der Waals surface area contributed by atoms with E-state index in [-0.39, 0.29) is 28.7 Å². The summed E-state index contributed by atoms with van der Waals surface area (Å²) in [6.45, 7) is 3.05. The molecule has 6 rings (SSSR count). The van der Waals surface area contributed by atoms with E-state index in [1.165, 1.54) is 17.7 Å². The van der Waals surface area contributed by atoms with E-state index in [4.69, 9.17) is 16.0 Å². The van der Waals surface area contributed by atoms with Crippen LogP contribution in [0.25, 0.3) is 11.0 Å². The van der Waals surface area contributed by atoms with Crippen molar-refractivity contribution in [3.8, 4) is 0 Å². The van der Waals surface area contributed by atoms with Gasteiger partial charge in [0.1, 0.15) is 11.4 Å². The number of halogens is 2. The first kappa shape index (κ1) is 30.6. The van der Waals surface area contributed by atoms with E-state index in [9.17, 15) is 18.8 Å². The molecule has 2 fully saturated rings. The zero-order chi connectivity index (χ0) is 31.3. The summed E-state index contributed by atoms with van der Waals surface area (Å²) >= 11 is 6.10. The number of likely N-dealkylation sites (tertiary alicyclic amines) is 1. The summed E-state index contributed by atoms with van der Waals surface area (Å²) in [5.41, 5.74) is 4.14. The zero-order valence-corrected chi connectivity index (χ0v) is 25.7. The third kappa shape index (κ3) is 7.45. The minimum atomic E-state index is -0.553. The van der Waals surface area contributed by atoms with Gasteiger partial charge < -0.3 is 19.5 Å². The lowest BCUT2D eigenvalue weighted by Crippen LogP contribution is -2.37. The second-order valence-electron chi connectivity index (χ2n) is 11.7. The SMILES string of the molecule is O=C(N[C@H](C=C1CCN(c2ccccc2CN2CCCCC2=O)CC1)Cc1ccc(Cl)cc1)c1cc(=O)c2ccc(F)cc2o1. The standard InChI is InChI=1S/C36H35ClFN3O4/c37-27-10-8-24(9-11-27)19-29(39-36(44)34-22-32(42)30-13-12-28(38)21-33(30)45-34)20-25-14-17-40(18-15-25)31-6-2-1-5-26(31)23-41-16-4-3-7-35(41)43/h1-2,5-6,8-13,20-22,29H,3-4,7,14-19,23H2,(H,39,44)/t29-/m0/s1. The van der Waals surface area contributed by atoms with Crippen LogP contribution in [0.3, 0.4) is 0 Å². The Morgan fingerprint density at radius 2 is 1.73 bits per heavy atom. The van der Waals surface area contributed by atoms with E-state index in [1.54, 1.807) is 0 Å². The van der Waals surface area contributed by atoms with Crippen molar-refractivity contribution < 1.29 is 18.4 Å². The molecule has 1 N–H and O–H groups in total. The first-order valence-corrected chi connectivity index (χ1v) is 15.8. The van der Waals surface area contributed by atoms with Crippen molar-refractivity contribution in [1.82, 2.24) is 10.2 Å². The molecule has 2 aliphatic rings. The molecule has 3 aromatic carbocycles. The fourth-order valence-corrected chi connectivity index (χ4v) is 6.31. The van der Waals surface area contributed by atoms with Crippen LogP contribution >= 0.6 is 11.6 Å². The molecule has 0 radical (unpaired) electrons. The highest BCUT2D eigenvalue weighted by molar-refractivity contribution is 6.30. The number of carbonyl (C=O) groups excluding carboxylic acids is 2. The number of hydrogen-bond donors (Lipinski definition) is 1. The van der Waals surface area contributed by atoms with Gasteiger partial charge in [-0.2, -0.15) is 0 Å². The minimum Gasteiger partial charge on any atom is -0.451 e. The molecule has 232 valence electrons. The highest BCUT2D eigenvalue weighted by atomic mass is 35.5. The average molecular weight is 628 g/mol. The molecule has 4 aromatic rings. The normalized spacial score (nSPS) is 16.1. The van der Waals surface area contributed by atoms with Crippen molar-refractivity contribution in [3.05, 3.63) is 122 Å². The maximum Gasteiger partial charge on any atom is 0.287 e. The maximum absolute atomic E-state index is 13.8. The van der Waals surface area contributed by atoms with Gasteiger partial charge in [-0.3, -0.25) is 14.4 Å². The molecule has 1 aromatic heterocycles. The van der Waals surface area contributed by atoms with Crippen LogP contribution in [0.15, 0.2) is 93.7 Å². The molecule has 0 unspecified atom stereocenters. The Hall–Kier alpha value is -4.43. The summed E-state index contributed by atoms with van der Waals surface area (Å²) in [7, 11) is 0. The van der Waals surface area contributed by atoms with E-state index in [0.29, 0.717) is 24.4 Å². The van der Waals surface area contributed by atoms with E-state index in [0.717, 1.165) is 74.3 Å². The predicted octanol–water partition coefficient (Wildman–Crippen LogP) is 6.67. The molecular formula is C36H35ClFN3O4. The fraction of sp³-hybridized carbons (Fsp3) is 0.306. The Balaban J connectivity index is 1.19. The Morgan fingerprint density at radius 3 is 2.51 bits per heavy atom. The van der Waals surface area contributed by atoms with Crippen LogP contribution in [0, 0.1) is 5.82 Å². The molecule has 7 nitrogen and oxygen atoms in total. The minimum absolute atomic E-state index is 0.0255. The lowest BCUT2D eigenvalue weighted by Gasteiger charge is -2.34. The fourth-order valence-electron chi connectivity index (χ4n) is 6.18. The molecule has 0 saturated carbocycles. The molecule has 0 aliphatic carbocycles. The molecule has 2 amide bonds. The second kappa shape index (κ2) is 13.7. The lowest BCUT2D eigenvalue weighted by atomic mass is 9.97. The highest BCUT2D eigenvalue weighted by Gasteiger charge is 2.23. The van der Waals surface area contributed by atoms with Gasteiger partial charge >= 0.3 is 0 Å². The zero-order valence-electron chi connectivity index (χ0n) is 24.9. The molecule has 2 saturated heterocycles. The van der Waals surface area contributed by atoms with Crippen LogP contribution in [0.4, 0.5) is 10.1 Å². The number of nitrogens with one attached hydrogen (secondary N) is 1. The van der Waals surface area contributed by atoms with Crippen molar-refractivity contribution in [3.63, 3.8) is 0 Å². The number of anilines is 1. The van der Waals surface area contributed by atoms with Crippen LogP contribution in [0.5, 0.6) is 0 Å². The quantitative estimate of drug-likeness (QED) is 0.221. The summed E-state index contributed by atoms with van der Waals surface area (Å²) in [6, 6.07) is 20.2. The third-order valence-corrected chi connectivity index (χ3v) is 8.81. The highest BCUT2D eigenvalue weighted by Crippen LogP contribution is 2.28. The molecule has 1 atom stereocenters. The smallest absolute Gasteiger partial charge is 0.287 e. The van der Waals surface area contributed by atoms with E-state index >= 15 is 0 Å². The number of carbonyl (C=O) groups is 2. The second-order valence-corrected chi connectivity index (χ2v) is 12.2. The Kier molecular flexibility index (Phi) is 9.31. The average Bonchev–Trinajstić information content (AvgIpc) is 3.03. The molecule has 9 heteroatoms. The van der Waals surface area contributed by atoms with Crippen molar-refractivity contribution in [1.29, 1.82) is 0 Å². The number of rotatable bonds is 8. The number of hydrogen-bond acceptors (Lipinski definition) is 5. The summed E-state index contributed by atoms with van der Waals surface area (Å²) in [4.78, 5) is 42.8. The number of nitrogens with zero attached hydrogens (tertiary/aromatic N) is 2. The van der Waals surface area contributed by atoms with Crippen LogP contribution in [0.2, 0.25) is 5.02 Å². The summed E-state index contributed by atoms with van der Waals surface area (Å²) in [6.07, 6.45) is 6.87. The Labute approximate surface area is 266 Å². The topological polar surface area (TPSA) is 82.9 Å². The molecule has 2 aliphatic heterocycles. The number of para-hydroxylation sites is 1. The molecule has 3 heterocycles. The molecule has 0 spiro atoms. The molecule has 45 heavy (non-hydrogen) atoms. The van der Waals surface area contributed by atoms with E-state index in [1.807, 2.05) is 41.3 Å². The first-order valence-electron chi connectivity index (χ1n) is 15.4. The van der Waals surface area contributed by atoms with Crippen molar-refractivity contribution in [2.45, 2.75) is 51.1 Å². The van der Waals surface area contributed by atoms with Gasteiger partial charge in [0.2, 0.25) is 5.91 Å². The largest absolute Gasteiger partial charge is 0.451 e. The van der Waals surface area contributed by atoms with Gasteiger partial charge in [0.05, 0.1) is 11.4 Å². The van der Waals surface area contributed by atoms with E-state index in [2.05, 4.69) is 28.4 Å². The van der Waals surface area contributed by atoms with Crippen molar-refractivity contribution in [2.75, 3.05) is 24.5 Å². The number of benzene rings is 3. The monoisotopic (exact) mass is 627 g/mol. The van der Waals surface area contributed by atoms with Gasteiger partial charge in [-0.25, -0.2) is 4.39 Å². The van der Waals surface area contributed by atoms with Crippen LogP contribution in [-0.2, 0) is 17.8 Å². The molecular weight excluding hydrogens is 593 g/mol. The first-order chi connectivity index (χ1) is 21.8. The van der Waals surface area contributed by atoms with Crippen LogP contribution in [0.1, 0.15) is 53.8 Å². The summed E-state index contributed by atoms with van der Waals surface area (Å²) in [5.74, 6) is -1.05. The van der Waals surface area contributed by atoms with Crippen molar-refractivity contribution in [2.24, 2.45) is 0 Å². The van der Waals surface area contributed by atoms with Gasteiger partial charge in [0, 0.05) is 55.4 Å². The van der Waals surface area contributed by atoms with Gasteiger partial charge in [0.15, 0.2) is 11.2 Å². The van der Waals surface area contributed by atoms with E-state index < -0.39 is 17.2 Å². The number of piperidine rings is 2. The third-order valence-electron chi connectivity index (χ3n) is 8.56. The van der Waals surface area contributed by atoms with Gasteiger partial charge in [0.25, 0.3) is 5.91 Å². The van der Waals surface area contributed by atoms with Crippen LogP contribution in [-0.4, -0.2) is 42.4 Å². The summed E-state index contributed by atoms with van der Waals surface area (Å²) < 4.78 is 19.5. The predicted molar refractivity (Wildman–Crippen MR) is 174 cm³/mol. The van der Waals surface area contributed by atoms with Gasteiger partial charge in [-0.05, 0) is 73.6 Å². The van der Waals surface area contributed by atoms with Gasteiger partial charge in [-0.15, -0.1) is 0 Å². The number of fused-ring (bicyclic) bond motifs is 1. The van der Waals surface area contributed by atoms with Crippen LogP contribution < -0.4 is 15.6 Å². The lowest BCUT2D eigenvalue weighted by molar-refractivity contribution is -0.133. The summed E-state index contributed by atoms with van der Waals surface area (Å²) in [5, 5.41) is 3.86. The maximum atomic E-state index is 13.8. The van der Waals surface area contributed by atoms with Crippen molar-refractivity contribution >= 4 is 40.1 Å². The molecule has 0 bridgehead atoms. The number of amides is 2. The Bertz CT molecular complexity index is 1790. The van der Waals surface area contributed by atoms with Gasteiger partial charge in [-0.1, -0.05) is 53.6 Å².